The fourth-order valence-corrected chi connectivity index (χ4v) is 4.06. The third kappa shape index (κ3) is 2.60. The second kappa shape index (κ2) is 5.52. The summed E-state index contributed by atoms with van der Waals surface area (Å²) in [5.74, 6) is -0.868. The van der Waals surface area contributed by atoms with Crippen LogP contribution in [-0.4, -0.2) is 11.1 Å². The van der Waals surface area contributed by atoms with Gasteiger partial charge in [-0.2, -0.15) is 0 Å². The summed E-state index contributed by atoms with van der Waals surface area (Å²) in [6.07, 6.45) is 0.651. The average Bonchev–Trinajstić information content (AvgIpc) is 2.93. The highest BCUT2D eigenvalue weighted by molar-refractivity contribution is 7.19. The Labute approximate surface area is 137 Å². The maximum absolute atomic E-state index is 11.3. The van der Waals surface area contributed by atoms with Crippen LogP contribution < -0.4 is 0 Å². The quantitative estimate of drug-likeness (QED) is 0.553. The first-order chi connectivity index (χ1) is 11.2. The van der Waals surface area contributed by atoms with Gasteiger partial charge in [-0.25, -0.2) is 4.79 Å². The van der Waals surface area contributed by atoms with Crippen LogP contribution in [0.15, 0.2) is 66.7 Å². The van der Waals surface area contributed by atoms with Crippen molar-refractivity contribution in [2.75, 3.05) is 0 Å². The van der Waals surface area contributed by atoms with Crippen molar-refractivity contribution in [1.29, 1.82) is 0 Å². The van der Waals surface area contributed by atoms with Crippen LogP contribution in [0.3, 0.4) is 0 Å². The van der Waals surface area contributed by atoms with Gasteiger partial charge < -0.3 is 5.11 Å². The molecule has 0 saturated carbocycles. The van der Waals surface area contributed by atoms with Gasteiger partial charge in [-0.15, -0.1) is 11.3 Å². The molecule has 0 radical (unpaired) electrons. The van der Waals surface area contributed by atoms with Crippen molar-refractivity contribution in [2.24, 2.45) is 0 Å². The topological polar surface area (TPSA) is 37.3 Å². The van der Waals surface area contributed by atoms with Gasteiger partial charge in [0.05, 0.1) is 5.56 Å². The van der Waals surface area contributed by atoms with Gasteiger partial charge in [0.1, 0.15) is 0 Å². The van der Waals surface area contributed by atoms with Crippen molar-refractivity contribution in [3.8, 4) is 0 Å². The van der Waals surface area contributed by atoms with E-state index in [2.05, 4.69) is 30.3 Å². The highest BCUT2D eigenvalue weighted by atomic mass is 32.1. The Bertz CT molecular complexity index is 978. The molecular weight excluding hydrogens is 304 g/mol. The molecule has 0 unspecified atom stereocenters. The van der Waals surface area contributed by atoms with Gasteiger partial charge in [-0.3, -0.25) is 0 Å². The van der Waals surface area contributed by atoms with E-state index < -0.39 is 5.97 Å². The summed E-state index contributed by atoms with van der Waals surface area (Å²) in [4.78, 5) is 12.5. The minimum atomic E-state index is -0.868. The predicted molar refractivity (Wildman–Crippen MR) is 95.5 cm³/mol. The van der Waals surface area contributed by atoms with E-state index in [4.69, 9.17) is 0 Å². The number of hydrogen-bond donors (Lipinski definition) is 1. The van der Waals surface area contributed by atoms with Crippen molar-refractivity contribution in [1.82, 2.24) is 0 Å². The van der Waals surface area contributed by atoms with Gasteiger partial charge in [0.15, 0.2) is 0 Å². The SMILES string of the molecule is O=C(O)c1ccccc1Cc1cc2cc3ccccc3cc2s1. The molecule has 0 saturated heterocycles. The van der Waals surface area contributed by atoms with E-state index in [1.54, 1.807) is 23.5 Å². The molecule has 1 aromatic heterocycles. The molecule has 23 heavy (non-hydrogen) atoms. The number of thiophene rings is 1. The molecule has 0 atom stereocenters. The van der Waals surface area contributed by atoms with E-state index >= 15 is 0 Å². The van der Waals surface area contributed by atoms with E-state index in [1.165, 1.54) is 25.7 Å². The van der Waals surface area contributed by atoms with E-state index in [1.807, 2.05) is 24.3 Å². The summed E-state index contributed by atoms with van der Waals surface area (Å²) < 4.78 is 1.24. The molecule has 4 rings (SSSR count). The highest BCUT2D eigenvalue weighted by Crippen LogP contribution is 2.31. The Morgan fingerprint density at radius 1 is 0.870 bits per heavy atom. The highest BCUT2D eigenvalue weighted by Gasteiger charge is 2.11. The normalized spacial score (nSPS) is 11.1. The number of carboxylic acids is 1. The number of fused-ring (bicyclic) bond motifs is 2. The zero-order valence-corrected chi connectivity index (χ0v) is 13.1. The fourth-order valence-electron chi connectivity index (χ4n) is 2.94. The lowest BCUT2D eigenvalue weighted by Crippen LogP contribution is -2.01. The molecule has 0 amide bonds. The van der Waals surface area contributed by atoms with Gasteiger partial charge in [-0.1, -0.05) is 42.5 Å². The Balaban J connectivity index is 1.78. The summed E-state index contributed by atoms with van der Waals surface area (Å²) >= 11 is 1.73. The zero-order chi connectivity index (χ0) is 15.8. The summed E-state index contributed by atoms with van der Waals surface area (Å²) in [7, 11) is 0. The van der Waals surface area contributed by atoms with E-state index in [0.717, 1.165) is 5.56 Å². The van der Waals surface area contributed by atoms with Crippen molar-refractivity contribution >= 4 is 38.2 Å². The molecular formula is C20H14O2S. The van der Waals surface area contributed by atoms with Crippen LogP contribution in [0, 0.1) is 0 Å². The molecule has 1 heterocycles. The van der Waals surface area contributed by atoms with Crippen LogP contribution >= 0.6 is 11.3 Å². The average molecular weight is 318 g/mol. The zero-order valence-electron chi connectivity index (χ0n) is 12.3. The lowest BCUT2D eigenvalue weighted by molar-refractivity contribution is 0.0696. The smallest absolute Gasteiger partial charge is 0.335 e. The van der Waals surface area contributed by atoms with Crippen LogP contribution in [0.25, 0.3) is 20.9 Å². The molecule has 0 spiro atoms. The molecule has 0 bridgehead atoms. The standard InChI is InChI=1S/C20H14O2S/c21-20(22)18-8-4-3-7-15(18)10-17-11-16-9-13-5-1-2-6-14(13)12-19(16)23-17/h1-9,11-12H,10H2,(H,21,22). The van der Waals surface area contributed by atoms with Crippen molar-refractivity contribution in [2.45, 2.75) is 6.42 Å². The van der Waals surface area contributed by atoms with Gasteiger partial charge >= 0.3 is 5.97 Å². The maximum Gasteiger partial charge on any atom is 0.335 e. The van der Waals surface area contributed by atoms with E-state index in [-0.39, 0.29) is 0 Å². The monoisotopic (exact) mass is 318 g/mol. The Morgan fingerprint density at radius 2 is 1.57 bits per heavy atom. The largest absolute Gasteiger partial charge is 0.478 e. The van der Waals surface area contributed by atoms with Crippen LogP contribution in [0.2, 0.25) is 0 Å². The second-order valence-corrected chi connectivity index (χ2v) is 6.76. The first kappa shape index (κ1) is 14.0. The fraction of sp³-hybridized carbons (Fsp3) is 0.0500. The number of benzene rings is 3. The molecule has 0 fully saturated rings. The first-order valence-electron chi connectivity index (χ1n) is 7.43. The lowest BCUT2D eigenvalue weighted by Gasteiger charge is -2.03. The van der Waals surface area contributed by atoms with Crippen molar-refractivity contribution in [3.05, 3.63) is 82.7 Å². The number of carboxylic acid groups (broad SMARTS) is 1. The molecule has 112 valence electrons. The predicted octanol–water partition coefficient (Wildman–Crippen LogP) is 5.34. The van der Waals surface area contributed by atoms with E-state index in [9.17, 15) is 9.90 Å². The molecule has 4 aromatic rings. The maximum atomic E-state index is 11.3. The number of rotatable bonds is 3. The number of hydrogen-bond acceptors (Lipinski definition) is 2. The molecule has 3 heteroatoms. The summed E-state index contributed by atoms with van der Waals surface area (Å²) in [5, 5.41) is 13.0. The minimum absolute atomic E-state index is 0.384. The van der Waals surface area contributed by atoms with Gasteiger partial charge in [0.25, 0.3) is 0 Å². The lowest BCUT2D eigenvalue weighted by atomic mass is 10.0. The molecule has 3 aromatic carbocycles. The number of carbonyl (C=O) groups is 1. The molecule has 1 N–H and O–H groups in total. The summed E-state index contributed by atoms with van der Waals surface area (Å²) in [5.41, 5.74) is 1.24. The third-order valence-electron chi connectivity index (χ3n) is 4.05. The molecule has 0 aliphatic rings. The Morgan fingerprint density at radius 3 is 2.35 bits per heavy atom. The first-order valence-corrected chi connectivity index (χ1v) is 8.25. The van der Waals surface area contributed by atoms with Crippen LogP contribution in [0.5, 0.6) is 0 Å². The molecule has 2 nitrogen and oxygen atoms in total. The third-order valence-corrected chi connectivity index (χ3v) is 5.15. The molecule has 0 aliphatic heterocycles. The minimum Gasteiger partial charge on any atom is -0.478 e. The molecule has 0 aliphatic carbocycles. The van der Waals surface area contributed by atoms with Gasteiger partial charge in [0, 0.05) is 16.0 Å². The Hall–Kier alpha value is -2.65. The van der Waals surface area contributed by atoms with Crippen LogP contribution in [0.1, 0.15) is 20.8 Å². The second-order valence-electron chi connectivity index (χ2n) is 5.59. The number of aromatic carboxylic acids is 1. The summed E-state index contributed by atoms with van der Waals surface area (Å²) in [6, 6.07) is 22.1. The van der Waals surface area contributed by atoms with Gasteiger partial charge in [0.2, 0.25) is 0 Å². The van der Waals surface area contributed by atoms with Crippen LogP contribution in [0.4, 0.5) is 0 Å². The van der Waals surface area contributed by atoms with Gasteiger partial charge in [-0.05, 0) is 46.0 Å². The van der Waals surface area contributed by atoms with Crippen molar-refractivity contribution in [3.63, 3.8) is 0 Å². The van der Waals surface area contributed by atoms with Crippen LogP contribution in [-0.2, 0) is 6.42 Å². The van der Waals surface area contributed by atoms with E-state index in [0.29, 0.717) is 12.0 Å². The summed E-state index contributed by atoms with van der Waals surface area (Å²) in [6.45, 7) is 0. The van der Waals surface area contributed by atoms with Crippen molar-refractivity contribution < 1.29 is 9.90 Å². The Kier molecular flexibility index (Phi) is 3.36.